The third-order valence-corrected chi connectivity index (χ3v) is 9.14. The second kappa shape index (κ2) is 7.85. The highest BCUT2D eigenvalue weighted by Crippen LogP contribution is 2.66. The lowest BCUT2D eigenvalue weighted by atomic mass is 9.48. The zero-order valence-electron chi connectivity index (χ0n) is 20.0. The molecule has 1 saturated heterocycles. The van der Waals surface area contributed by atoms with Crippen LogP contribution in [0, 0.1) is 0 Å². The average Bonchev–Trinajstić information content (AvgIpc) is 3.20. The van der Waals surface area contributed by atoms with Crippen LogP contribution in [0.3, 0.4) is 0 Å². The minimum atomic E-state index is -0.928. The number of nitrogens with one attached hydrogen (secondary N) is 1. The molecule has 4 aliphatic rings. The number of carboxylic acid groups (broad SMARTS) is 1. The first kappa shape index (κ1) is 22.6. The lowest BCUT2D eigenvalue weighted by Gasteiger charge is -2.65. The fourth-order valence-electron chi connectivity index (χ4n) is 7.65. The van der Waals surface area contributed by atoms with Crippen LogP contribution in [-0.4, -0.2) is 76.7 Å². The van der Waals surface area contributed by atoms with Gasteiger partial charge in [0.1, 0.15) is 17.9 Å². The molecule has 2 aromatic carbocycles. The first-order valence-corrected chi connectivity index (χ1v) is 12.3. The summed E-state index contributed by atoms with van der Waals surface area (Å²) in [7, 11) is 3.94. The second-order valence-corrected chi connectivity index (χ2v) is 10.6. The van der Waals surface area contributed by atoms with Crippen molar-refractivity contribution in [3.8, 4) is 17.2 Å². The number of hydrogen-bond acceptors (Lipinski definition) is 7. The summed E-state index contributed by atoms with van der Waals surface area (Å²) in [6.45, 7) is 0.882. The van der Waals surface area contributed by atoms with Gasteiger partial charge in [-0.15, -0.1) is 0 Å². The Morgan fingerprint density at radius 1 is 1.23 bits per heavy atom. The van der Waals surface area contributed by atoms with E-state index >= 15 is 0 Å². The molecule has 4 N–H and O–H groups in total. The highest BCUT2D eigenvalue weighted by atomic mass is 16.5. The maximum Gasteiger partial charge on any atom is 0.321 e. The van der Waals surface area contributed by atoms with Gasteiger partial charge in [-0.25, -0.2) is 0 Å². The highest BCUT2D eigenvalue weighted by molar-refractivity contribution is 5.74. The van der Waals surface area contributed by atoms with Gasteiger partial charge in [-0.05, 0) is 75.0 Å². The lowest BCUT2D eigenvalue weighted by molar-refractivity contribution is -0.204. The Morgan fingerprint density at radius 2 is 2.00 bits per heavy atom. The van der Waals surface area contributed by atoms with Crippen LogP contribution in [0.1, 0.15) is 36.0 Å². The molecule has 8 heteroatoms. The zero-order valence-corrected chi connectivity index (χ0v) is 20.0. The highest BCUT2D eigenvalue weighted by Gasteiger charge is 2.73. The van der Waals surface area contributed by atoms with Crippen LogP contribution in [0.4, 0.5) is 0 Å². The van der Waals surface area contributed by atoms with Gasteiger partial charge in [0.25, 0.3) is 0 Å². The molecule has 186 valence electrons. The van der Waals surface area contributed by atoms with E-state index in [0.717, 1.165) is 36.9 Å². The van der Waals surface area contributed by atoms with Crippen LogP contribution in [0.15, 0.2) is 36.4 Å². The van der Waals surface area contributed by atoms with Gasteiger partial charge in [-0.3, -0.25) is 10.1 Å². The smallest absolute Gasteiger partial charge is 0.321 e. The molecule has 1 spiro atoms. The number of ether oxygens (including phenoxy) is 2. The molecule has 2 aliphatic heterocycles. The van der Waals surface area contributed by atoms with Crippen molar-refractivity contribution in [1.29, 1.82) is 0 Å². The molecule has 2 aromatic rings. The van der Waals surface area contributed by atoms with E-state index in [2.05, 4.69) is 17.3 Å². The molecule has 8 nitrogen and oxygen atoms in total. The van der Waals surface area contributed by atoms with Gasteiger partial charge < -0.3 is 29.7 Å². The molecule has 6 rings (SSSR count). The fraction of sp³-hybridized carbons (Fsp3) is 0.519. The normalized spacial score (nSPS) is 33.6. The molecule has 35 heavy (non-hydrogen) atoms. The monoisotopic (exact) mass is 480 g/mol. The summed E-state index contributed by atoms with van der Waals surface area (Å²) in [6, 6.07) is 9.50. The first-order valence-electron chi connectivity index (χ1n) is 12.3. The van der Waals surface area contributed by atoms with Gasteiger partial charge >= 0.3 is 5.97 Å². The Bertz CT molecular complexity index is 1170. The van der Waals surface area contributed by atoms with Crippen molar-refractivity contribution in [1.82, 2.24) is 10.2 Å². The first-order chi connectivity index (χ1) is 16.8. The molecular formula is C27H32N2O6. The molecule has 6 atom stereocenters. The maximum atomic E-state index is 12.3. The van der Waals surface area contributed by atoms with Gasteiger partial charge in [-0.1, -0.05) is 18.2 Å². The van der Waals surface area contributed by atoms with Gasteiger partial charge in [0.05, 0.1) is 11.0 Å². The number of aliphatic carboxylic acids is 1. The van der Waals surface area contributed by atoms with Crippen LogP contribution in [-0.2, 0) is 27.8 Å². The predicted molar refractivity (Wildman–Crippen MR) is 128 cm³/mol. The van der Waals surface area contributed by atoms with E-state index in [9.17, 15) is 20.1 Å². The van der Waals surface area contributed by atoms with Crippen LogP contribution in [0.2, 0.25) is 0 Å². The van der Waals surface area contributed by atoms with E-state index in [4.69, 9.17) is 9.47 Å². The number of carbonyl (C=O) groups is 1. The summed E-state index contributed by atoms with van der Waals surface area (Å²) >= 11 is 0. The van der Waals surface area contributed by atoms with Crippen LogP contribution < -0.4 is 10.1 Å². The zero-order chi connectivity index (χ0) is 24.5. The minimum Gasteiger partial charge on any atom is -0.508 e. The number of likely N-dealkylation sites (N-methyl/N-ethyl adjacent to an activating group) is 1. The Labute approximate surface area is 204 Å². The molecule has 2 bridgehead atoms. The van der Waals surface area contributed by atoms with E-state index in [1.807, 2.05) is 6.07 Å². The van der Waals surface area contributed by atoms with Gasteiger partial charge in [0.15, 0.2) is 11.5 Å². The van der Waals surface area contributed by atoms with Gasteiger partial charge in [-0.2, -0.15) is 0 Å². The summed E-state index contributed by atoms with van der Waals surface area (Å²) in [5.41, 5.74) is 2.15. The Balaban J connectivity index is 1.40. The molecule has 0 radical (unpaired) electrons. The molecule has 0 aromatic heterocycles. The van der Waals surface area contributed by atoms with Crippen LogP contribution >= 0.6 is 0 Å². The number of likely N-dealkylation sites (tertiary alicyclic amines) is 1. The van der Waals surface area contributed by atoms with E-state index < -0.39 is 23.0 Å². The second-order valence-electron chi connectivity index (χ2n) is 10.6. The van der Waals surface area contributed by atoms with Crippen LogP contribution in [0.25, 0.3) is 0 Å². The van der Waals surface area contributed by atoms with Crippen molar-refractivity contribution in [2.75, 3.05) is 20.7 Å². The number of hydrogen-bond donors (Lipinski definition) is 4. The van der Waals surface area contributed by atoms with Crippen molar-refractivity contribution in [2.24, 2.45) is 0 Å². The maximum absolute atomic E-state index is 12.3. The predicted octanol–water partition coefficient (Wildman–Crippen LogP) is 2.19. The van der Waals surface area contributed by atoms with E-state index in [-0.39, 0.29) is 36.1 Å². The van der Waals surface area contributed by atoms with E-state index in [1.54, 1.807) is 37.4 Å². The lowest BCUT2D eigenvalue weighted by Crippen LogP contribution is -2.78. The number of benzene rings is 2. The molecule has 1 unspecified atom stereocenters. The number of phenolic OH excluding ortho intramolecular Hbond substituents is 2. The van der Waals surface area contributed by atoms with Gasteiger partial charge in [0, 0.05) is 24.8 Å². The van der Waals surface area contributed by atoms with Crippen molar-refractivity contribution >= 4 is 5.97 Å². The average molecular weight is 481 g/mol. The number of rotatable bonds is 6. The summed E-state index contributed by atoms with van der Waals surface area (Å²) in [4.78, 5) is 14.7. The Hall–Kier alpha value is -2.81. The number of methoxy groups -OCH3 is 1. The number of nitrogens with zero attached hydrogens (tertiary/aromatic N) is 1. The number of aromatic hydroxyl groups is 2. The third kappa shape index (κ3) is 3.00. The molecule has 1 saturated carbocycles. The van der Waals surface area contributed by atoms with E-state index in [1.165, 1.54) is 5.56 Å². The summed E-state index contributed by atoms with van der Waals surface area (Å²) in [5.74, 6) is -0.107. The van der Waals surface area contributed by atoms with Gasteiger partial charge in [0.2, 0.25) is 0 Å². The van der Waals surface area contributed by atoms with Crippen LogP contribution in [0.5, 0.6) is 17.2 Å². The van der Waals surface area contributed by atoms with Crippen molar-refractivity contribution < 1.29 is 29.6 Å². The quantitative estimate of drug-likeness (QED) is 0.498. The Kier molecular flexibility index (Phi) is 5.08. The molecule has 2 heterocycles. The standard InChI is InChI=1S/C27H32N2O6/c1-29-12-11-26-22-16-5-8-20(31)23(22)35-24(26)18(9-10-27(26,34-2)21(29)14-16)28-19(25(32)33)13-15-3-6-17(30)7-4-15/h3-8,18-19,21,24,28,30-31H,9-14H2,1-2H3,(H,32,33)/t18-,19+,21?,24+,26+,27-/m1/s1. The molecular weight excluding hydrogens is 448 g/mol. The third-order valence-electron chi connectivity index (χ3n) is 9.14. The topological polar surface area (TPSA) is 111 Å². The number of phenols is 2. The van der Waals surface area contributed by atoms with E-state index in [0.29, 0.717) is 12.2 Å². The Morgan fingerprint density at radius 3 is 2.71 bits per heavy atom. The van der Waals surface area contributed by atoms with Crippen molar-refractivity contribution in [2.45, 2.75) is 67.3 Å². The largest absolute Gasteiger partial charge is 0.508 e. The SMILES string of the molecule is CO[C@@]12CC[C@@H](N[C@@H](Cc3ccc(O)cc3)C(=O)O)[C@@H]3Oc4c(O)ccc5c4[C@@]31CCN(C)C2C5. The summed E-state index contributed by atoms with van der Waals surface area (Å²) in [6.07, 6.45) is 3.06. The van der Waals surface area contributed by atoms with Crippen molar-refractivity contribution in [3.63, 3.8) is 0 Å². The minimum absolute atomic E-state index is 0.132. The summed E-state index contributed by atoms with van der Waals surface area (Å²) < 4.78 is 13.0. The number of piperidine rings is 1. The van der Waals surface area contributed by atoms with Crippen molar-refractivity contribution in [3.05, 3.63) is 53.1 Å². The molecule has 0 amide bonds. The number of carboxylic acids is 1. The molecule has 2 fully saturated rings. The summed E-state index contributed by atoms with van der Waals surface area (Å²) in [5, 5.41) is 33.9. The fourth-order valence-corrected chi connectivity index (χ4v) is 7.65. The molecule has 2 aliphatic carbocycles.